The van der Waals surface area contributed by atoms with Crippen LogP contribution in [0.15, 0.2) is 43.0 Å². The average molecular weight is 604 g/mol. The van der Waals surface area contributed by atoms with Gasteiger partial charge in [0.25, 0.3) is 5.91 Å². The molecule has 2 aliphatic heterocycles. The number of amides is 1. The van der Waals surface area contributed by atoms with Crippen LogP contribution < -0.4 is 20.1 Å². The molecule has 1 amide bonds. The topological polar surface area (TPSA) is 110 Å². The van der Waals surface area contributed by atoms with Gasteiger partial charge in [0.2, 0.25) is 0 Å². The van der Waals surface area contributed by atoms with Crippen LogP contribution in [0.1, 0.15) is 61.6 Å². The summed E-state index contributed by atoms with van der Waals surface area (Å²) in [7, 11) is 0. The highest BCUT2D eigenvalue weighted by Gasteiger charge is 2.54. The van der Waals surface area contributed by atoms with E-state index in [0.29, 0.717) is 24.7 Å². The van der Waals surface area contributed by atoms with Crippen molar-refractivity contribution in [3.05, 3.63) is 65.6 Å². The fraction of sp³-hybridized carbons (Fsp3) is 0.515. The van der Waals surface area contributed by atoms with Gasteiger partial charge in [-0.25, -0.2) is 14.4 Å². The smallest absolute Gasteiger partial charge is 0.257 e. The van der Waals surface area contributed by atoms with Gasteiger partial charge in [-0.15, -0.1) is 0 Å². The van der Waals surface area contributed by atoms with Crippen LogP contribution in [0, 0.1) is 11.2 Å². The highest BCUT2D eigenvalue weighted by Crippen LogP contribution is 2.52. The number of ether oxygens (including phenoxy) is 2. The van der Waals surface area contributed by atoms with Crippen LogP contribution in [0.2, 0.25) is 0 Å². The van der Waals surface area contributed by atoms with Crippen molar-refractivity contribution >= 4 is 11.7 Å². The van der Waals surface area contributed by atoms with E-state index in [0.717, 1.165) is 69.9 Å². The Labute approximate surface area is 258 Å². The lowest BCUT2D eigenvalue weighted by Crippen LogP contribution is -2.65. The monoisotopic (exact) mass is 603 g/mol. The maximum Gasteiger partial charge on any atom is 0.257 e. The second-order valence-corrected chi connectivity index (χ2v) is 12.5. The third-order valence-corrected chi connectivity index (χ3v) is 9.07. The van der Waals surface area contributed by atoms with Gasteiger partial charge in [-0.2, -0.15) is 0 Å². The van der Waals surface area contributed by atoms with Gasteiger partial charge in [0.05, 0.1) is 11.8 Å². The van der Waals surface area contributed by atoms with E-state index in [1.54, 1.807) is 11.1 Å². The minimum Gasteiger partial charge on any atom is -0.490 e. The zero-order chi connectivity index (χ0) is 30.8. The molecule has 0 atom stereocenters. The summed E-state index contributed by atoms with van der Waals surface area (Å²) in [5.41, 5.74) is 8.43. The van der Waals surface area contributed by atoms with Crippen molar-refractivity contribution in [1.29, 1.82) is 0 Å². The summed E-state index contributed by atoms with van der Waals surface area (Å²) in [6, 6.07) is 5.99. The standard InChI is InChI=1S/C33H42FN7O3/c1-4-41(22(2)3)32(42)25-14-23(34)6-7-28(25)44-30-17-36-21-38-31(30)40-19-33(20-40)15-24(16-33)43-29-8-11-37-27-9-13-39(12-5-10-35)18-26(27)29/h6-8,11,14,17,21-22,24H,4-5,9-10,12-13,15-16,18-20,35H2,1-3H3. The minimum atomic E-state index is -0.493. The number of benzene rings is 1. The fourth-order valence-electron chi connectivity index (χ4n) is 6.82. The normalized spacial score (nSPS) is 17.6. The van der Waals surface area contributed by atoms with Crippen LogP contribution in [-0.4, -0.2) is 82.1 Å². The van der Waals surface area contributed by atoms with Gasteiger partial charge in [-0.1, -0.05) is 0 Å². The molecule has 3 aromatic rings. The summed E-state index contributed by atoms with van der Waals surface area (Å²) in [5, 5.41) is 0. The van der Waals surface area contributed by atoms with E-state index in [4.69, 9.17) is 15.2 Å². The Kier molecular flexibility index (Phi) is 8.68. The van der Waals surface area contributed by atoms with Gasteiger partial charge < -0.3 is 25.0 Å². The van der Waals surface area contributed by atoms with Crippen LogP contribution >= 0.6 is 0 Å². The molecule has 0 unspecified atom stereocenters. The zero-order valence-electron chi connectivity index (χ0n) is 25.8. The Morgan fingerprint density at radius 2 is 2.00 bits per heavy atom. The maximum atomic E-state index is 14.3. The van der Waals surface area contributed by atoms with E-state index in [1.807, 2.05) is 33.0 Å². The van der Waals surface area contributed by atoms with Crippen LogP contribution in [0.25, 0.3) is 0 Å². The lowest BCUT2D eigenvalue weighted by Gasteiger charge is -2.59. The number of hydrogen-bond acceptors (Lipinski definition) is 9. The van der Waals surface area contributed by atoms with Crippen LogP contribution in [0.5, 0.6) is 17.2 Å². The van der Waals surface area contributed by atoms with E-state index in [9.17, 15) is 9.18 Å². The van der Waals surface area contributed by atoms with E-state index < -0.39 is 5.82 Å². The molecule has 4 heterocycles. The molecule has 10 nitrogen and oxygen atoms in total. The molecule has 1 aromatic carbocycles. The number of carbonyl (C=O) groups is 1. The highest BCUT2D eigenvalue weighted by molar-refractivity contribution is 5.97. The summed E-state index contributed by atoms with van der Waals surface area (Å²) in [4.78, 5) is 32.9. The van der Waals surface area contributed by atoms with Crippen molar-refractivity contribution in [2.45, 2.75) is 65.1 Å². The molecule has 44 heavy (non-hydrogen) atoms. The summed E-state index contributed by atoms with van der Waals surface area (Å²) in [6.07, 6.45) is 8.99. The van der Waals surface area contributed by atoms with Gasteiger partial charge in [-0.3, -0.25) is 14.7 Å². The van der Waals surface area contributed by atoms with Gasteiger partial charge in [-0.05, 0) is 77.4 Å². The number of anilines is 1. The molecule has 1 saturated carbocycles. The van der Waals surface area contributed by atoms with Crippen molar-refractivity contribution in [3.8, 4) is 17.2 Å². The molecule has 1 saturated heterocycles. The first kappa shape index (κ1) is 30.2. The van der Waals surface area contributed by atoms with Crippen LogP contribution in [0.4, 0.5) is 10.2 Å². The van der Waals surface area contributed by atoms with E-state index in [1.165, 1.54) is 30.1 Å². The first-order valence-corrected chi connectivity index (χ1v) is 15.7. The van der Waals surface area contributed by atoms with E-state index in [-0.39, 0.29) is 34.8 Å². The molecule has 234 valence electrons. The number of nitrogens with zero attached hydrogens (tertiary/aromatic N) is 6. The van der Waals surface area contributed by atoms with Crippen LogP contribution in [-0.2, 0) is 13.0 Å². The largest absolute Gasteiger partial charge is 0.490 e. The molecule has 0 bridgehead atoms. The minimum absolute atomic E-state index is 0.0354. The molecule has 1 aliphatic carbocycles. The molecule has 1 spiro atoms. The number of fused-ring (bicyclic) bond motifs is 1. The van der Waals surface area contributed by atoms with Crippen molar-refractivity contribution in [1.82, 2.24) is 24.8 Å². The maximum absolute atomic E-state index is 14.3. The van der Waals surface area contributed by atoms with Gasteiger partial charge >= 0.3 is 0 Å². The third-order valence-electron chi connectivity index (χ3n) is 9.07. The Morgan fingerprint density at radius 1 is 1.18 bits per heavy atom. The van der Waals surface area contributed by atoms with Crippen molar-refractivity contribution in [2.75, 3.05) is 44.2 Å². The van der Waals surface area contributed by atoms with Crippen molar-refractivity contribution in [2.24, 2.45) is 11.1 Å². The van der Waals surface area contributed by atoms with Gasteiger partial charge in [0, 0.05) is 68.1 Å². The summed E-state index contributed by atoms with van der Waals surface area (Å²) in [6.45, 7) is 11.5. The molecular weight excluding hydrogens is 561 g/mol. The number of nitrogens with two attached hydrogens (primary N) is 1. The molecule has 2 fully saturated rings. The first-order valence-electron chi connectivity index (χ1n) is 15.7. The second-order valence-electron chi connectivity index (χ2n) is 12.5. The third kappa shape index (κ3) is 6.08. The van der Waals surface area contributed by atoms with Crippen molar-refractivity contribution in [3.63, 3.8) is 0 Å². The number of aromatic nitrogens is 3. The Hall–Kier alpha value is -3.83. The number of carbonyl (C=O) groups excluding carboxylic acids is 1. The molecule has 2 N–H and O–H groups in total. The number of halogens is 1. The quantitative estimate of drug-likeness (QED) is 0.340. The number of pyridine rings is 1. The highest BCUT2D eigenvalue weighted by atomic mass is 19.1. The molecule has 3 aliphatic rings. The summed E-state index contributed by atoms with van der Waals surface area (Å²) < 4.78 is 27.0. The van der Waals surface area contributed by atoms with Crippen molar-refractivity contribution < 1.29 is 18.7 Å². The molecule has 0 radical (unpaired) electrons. The van der Waals surface area contributed by atoms with Crippen LogP contribution in [0.3, 0.4) is 0 Å². The van der Waals surface area contributed by atoms with E-state index >= 15 is 0 Å². The molecule has 2 aromatic heterocycles. The molecule has 11 heteroatoms. The first-order chi connectivity index (χ1) is 21.3. The predicted molar refractivity (Wildman–Crippen MR) is 166 cm³/mol. The van der Waals surface area contributed by atoms with Gasteiger partial charge in [0.1, 0.15) is 29.7 Å². The number of hydrogen-bond donors (Lipinski definition) is 1. The SMILES string of the molecule is CCN(C(=O)c1cc(F)ccc1Oc1cncnc1N1CC2(CC(Oc3ccnc4c3CN(CCCN)CC4)C2)C1)C(C)C. The molecule has 6 rings (SSSR count). The average Bonchev–Trinajstić information content (AvgIpc) is 2.98. The Morgan fingerprint density at radius 3 is 2.75 bits per heavy atom. The van der Waals surface area contributed by atoms with E-state index in [2.05, 4.69) is 24.8 Å². The lowest BCUT2D eigenvalue weighted by atomic mass is 9.61. The Bertz CT molecular complexity index is 1490. The summed E-state index contributed by atoms with van der Waals surface area (Å²) in [5.74, 6) is 1.56. The molecular formula is C33H42FN7O3. The zero-order valence-corrected chi connectivity index (χ0v) is 25.8. The fourth-order valence-corrected chi connectivity index (χ4v) is 6.82. The number of rotatable bonds is 11. The Balaban J connectivity index is 1.10. The van der Waals surface area contributed by atoms with Gasteiger partial charge in [0.15, 0.2) is 11.6 Å². The predicted octanol–water partition coefficient (Wildman–Crippen LogP) is 4.43. The second kappa shape index (κ2) is 12.6. The lowest BCUT2D eigenvalue weighted by molar-refractivity contribution is -0.0352. The summed E-state index contributed by atoms with van der Waals surface area (Å²) >= 11 is 0.